The molecule has 4 rings (SSSR count). The number of fused-ring (bicyclic) bond motifs is 1. The first-order chi connectivity index (χ1) is 15.1. The third-order valence-electron chi connectivity index (χ3n) is 5.43. The Morgan fingerprint density at radius 2 is 2.00 bits per heavy atom. The highest BCUT2D eigenvalue weighted by Crippen LogP contribution is 2.24. The lowest BCUT2D eigenvalue weighted by atomic mass is 9.92. The zero-order chi connectivity index (χ0) is 21.6. The number of imidazole rings is 1. The van der Waals surface area contributed by atoms with Crippen molar-refractivity contribution in [2.75, 3.05) is 29.0 Å². The maximum absolute atomic E-state index is 12.9. The minimum atomic E-state index is -0.326. The minimum Gasteiger partial charge on any atom is -0.382 e. The van der Waals surface area contributed by atoms with E-state index in [4.69, 9.17) is 11.5 Å². The van der Waals surface area contributed by atoms with Crippen molar-refractivity contribution in [1.82, 2.24) is 19.6 Å². The number of amides is 1. The number of anilines is 3. The smallest absolute Gasteiger partial charge is 0.277 e. The quantitative estimate of drug-likeness (QED) is 0.345. The molecule has 3 aromatic heterocycles. The highest BCUT2D eigenvalue weighted by atomic mass is 16.2. The zero-order valence-corrected chi connectivity index (χ0v) is 17.4. The number of carbonyl (C=O) groups excluding carboxylic acids is 1. The molecule has 0 saturated heterocycles. The first kappa shape index (κ1) is 21.0. The fourth-order valence-corrected chi connectivity index (χ4v) is 3.74. The molecule has 0 spiro atoms. The van der Waals surface area contributed by atoms with Crippen LogP contribution >= 0.6 is 0 Å². The number of hydrogen-bond donors (Lipinski definition) is 5. The number of nitrogens with two attached hydrogens (primary N) is 2. The maximum atomic E-state index is 12.9. The molecule has 31 heavy (non-hydrogen) atoms. The molecule has 10 heteroatoms. The summed E-state index contributed by atoms with van der Waals surface area (Å²) in [6, 6.07) is 7.85. The van der Waals surface area contributed by atoms with Gasteiger partial charge in [-0.2, -0.15) is 0 Å². The van der Waals surface area contributed by atoms with E-state index in [9.17, 15) is 4.79 Å². The fraction of sp³-hybridized carbons (Fsp3) is 0.429. The first-order valence-corrected chi connectivity index (χ1v) is 10.7. The lowest BCUT2D eigenvalue weighted by Crippen LogP contribution is -2.33. The van der Waals surface area contributed by atoms with E-state index in [1.807, 2.05) is 12.1 Å². The van der Waals surface area contributed by atoms with Crippen LogP contribution in [0.15, 0.2) is 36.7 Å². The molecule has 7 N–H and O–H groups in total. The van der Waals surface area contributed by atoms with Crippen LogP contribution in [0.4, 0.5) is 17.3 Å². The molecule has 0 aromatic carbocycles. The highest BCUT2D eigenvalue weighted by Gasteiger charge is 2.21. The molecule has 0 bridgehead atoms. The van der Waals surface area contributed by atoms with Crippen LogP contribution in [0.25, 0.3) is 5.65 Å². The number of rotatable bonds is 8. The van der Waals surface area contributed by atoms with E-state index >= 15 is 0 Å². The fourth-order valence-electron chi connectivity index (χ4n) is 3.74. The Morgan fingerprint density at radius 3 is 2.74 bits per heavy atom. The van der Waals surface area contributed by atoms with Gasteiger partial charge in [-0.05, 0) is 50.8 Å². The summed E-state index contributed by atoms with van der Waals surface area (Å²) in [6.07, 6.45) is 7.94. The molecule has 0 unspecified atom stereocenters. The van der Waals surface area contributed by atoms with Gasteiger partial charge in [-0.1, -0.05) is 6.07 Å². The van der Waals surface area contributed by atoms with Crippen molar-refractivity contribution >= 4 is 28.9 Å². The van der Waals surface area contributed by atoms with Crippen molar-refractivity contribution in [3.8, 4) is 0 Å². The van der Waals surface area contributed by atoms with Crippen molar-refractivity contribution in [3.63, 3.8) is 0 Å². The number of hydrogen-bond acceptors (Lipinski definition) is 8. The molecule has 1 aliphatic carbocycles. The number of aromatic nitrogens is 4. The first-order valence-electron chi connectivity index (χ1n) is 10.7. The van der Waals surface area contributed by atoms with E-state index in [0.717, 1.165) is 37.8 Å². The number of pyridine rings is 1. The largest absolute Gasteiger partial charge is 0.382 e. The van der Waals surface area contributed by atoms with Crippen LogP contribution in [-0.4, -0.2) is 50.7 Å². The van der Waals surface area contributed by atoms with E-state index in [0.29, 0.717) is 42.1 Å². The SMILES string of the molecule is NCCCNc1cc(N[C@H]2CC[C@H](N)CC2)nn2c(C(=O)Nc3ccccn3)cnc12. The van der Waals surface area contributed by atoms with Crippen molar-refractivity contribution in [1.29, 1.82) is 0 Å². The summed E-state index contributed by atoms with van der Waals surface area (Å²) < 4.78 is 1.57. The molecule has 0 atom stereocenters. The Labute approximate surface area is 180 Å². The Balaban J connectivity index is 1.62. The van der Waals surface area contributed by atoms with Crippen LogP contribution in [-0.2, 0) is 0 Å². The second-order valence-corrected chi connectivity index (χ2v) is 7.82. The molecule has 1 aliphatic rings. The van der Waals surface area contributed by atoms with Gasteiger partial charge in [0.05, 0.1) is 11.9 Å². The van der Waals surface area contributed by atoms with Crippen LogP contribution in [0.1, 0.15) is 42.6 Å². The maximum Gasteiger partial charge on any atom is 0.277 e. The Kier molecular flexibility index (Phi) is 6.58. The summed E-state index contributed by atoms with van der Waals surface area (Å²) in [5.74, 6) is 0.831. The molecular formula is C21H29N9O. The summed E-state index contributed by atoms with van der Waals surface area (Å²) in [5, 5.41) is 14.3. The second kappa shape index (κ2) is 9.71. The molecular weight excluding hydrogens is 394 g/mol. The average Bonchev–Trinajstić information content (AvgIpc) is 3.20. The predicted molar refractivity (Wildman–Crippen MR) is 121 cm³/mol. The minimum absolute atomic E-state index is 0.275. The average molecular weight is 424 g/mol. The lowest BCUT2D eigenvalue weighted by Gasteiger charge is -2.27. The molecule has 1 saturated carbocycles. The monoisotopic (exact) mass is 423 g/mol. The lowest BCUT2D eigenvalue weighted by molar-refractivity contribution is 0.102. The number of nitrogens with one attached hydrogen (secondary N) is 3. The second-order valence-electron chi connectivity index (χ2n) is 7.82. The Hall–Kier alpha value is -3.24. The van der Waals surface area contributed by atoms with E-state index in [1.54, 1.807) is 22.8 Å². The number of carbonyl (C=O) groups is 1. The summed E-state index contributed by atoms with van der Waals surface area (Å²) >= 11 is 0. The topological polar surface area (TPSA) is 148 Å². The van der Waals surface area contributed by atoms with E-state index in [-0.39, 0.29) is 11.9 Å². The van der Waals surface area contributed by atoms with E-state index in [2.05, 4.69) is 31.0 Å². The summed E-state index contributed by atoms with van der Waals surface area (Å²) in [6.45, 7) is 1.30. The van der Waals surface area contributed by atoms with Crippen LogP contribution in [0, 0.1) is 0 Å². The predicted octanol–water partition coefficient (Wildman–Crippen LogP) is 1.82. The van der Waals surface area contributed by atoms with Crippen molar-refractivity contribution < 1.29 is 4.79 Å². The van der Waals surface area contributed by atoms with Gasteiger partial charge in [0.15, 0.2) is 11.3 Å². The molecule has 1 fully saturated rings. The molecule has 3 aromatic rings. The molecule has 0 radical (unpaired) electrons. The molecule has 3 heterocycles. The molecule has 10 nitrogen and oxygen atoms in total. The zero-order valence-electron chi connectivity index (χ0n) is 17.4. The standard InChI is InChI=1S/C21H29N9O/c22-9-3-11-24-16-12-19(27-15-7-5-14(23)6-8-15)29-30-17(13-26-20(16)30)21(31)28-18-4-1-2-10-25-18/h1-2,4,10,12-15,24H,3,5-9,11,22-23H2,(H,27,29)(H,25,28,31)/t14-,15-. The van der Waals surface area contributed by atoms with Crippen molar-refractivity contribution in [2.45, 2.75) is 44.2 Å². The Bertz CT molecular complexity index is 1010. The van der Waals surface area contributed by atoms with Gasteiger partial charge in [0.2, 0.25) is 0 Å². The van der Waals surface area contributed by atoms with Crippen molar-refractivity contribution in [2.24, 2.45) is 11.5 Å². The normalized spacial score (nSPS) is 18.6. The van der Waals surface area contributed by atoms with Gasteiger partial charge in [-0.15, -0.1) is 5.10 Å². The van der Waals surface area contributed by atoms with Gasteiger partial charge in [-0.3, -0.25) is 4.79 Å². The van der Waals surface area contributed by atoms with Crippen LogP contribution in [0.5, 0.6) is 0 Å². The van der Waals surface area contributed by atoms with E-state index < -0.39 is 0 Å². The summed E-state index contributed by atoms with van der Waals surface area (Å²) in [7, 11) is 0. The van der Waals surface area contributed by atoms with Crippen molar-refractivity contribution in [3.05, 3.63) is 42.4 Å². The van der Waals surface area contributed by atoms with Crippen LogP contribution in [0.3, 0.4) is 0 Å². The van der Waals surface area contributed by atoms with Gasteiger partial charge < -0.3 is 27.4 Å². The molecule has 1 amide bonds. The Morgan fingerprint density at radius 1 is 1.16 bits per heavy atom. The third kappa shape index (κ3) is 5.09. The van der Waals surface area contributed by atoms with Gasteiger partial charge in [0.25, 0.3) is 5.91 Å². The van der Waals surface area contributed by atoms with Gasteiger partial charge in [-0.25, -0.2) is 14.5 Å². The van der Waals surface area contributed by atoms with E-state index in [1.165, 1.54) is 6.20 Å². The third-order valence-corrected chi connectivity index (χ3v) is 5.43. The molecule has 164 valence electrons. The number of nitrogens with zero attached hydrogens (tertiary/aromatic N) is 4. The highest BCUT2D eigenvalue weighted by molar-refractivity contribution is 6.03. The van der Waals surface area contributed by atoms with Crippen LogP contribution in [0.2, 0.25) is 0 Å². The van der Waals surface area contributed by atoms with Crippen LogP contribution < -0.4 is 27.4 Å². The summed E-state index contributed by atoms with van der Waals surface area (Å²) in [5.41, 5.74) is 13.4. The summed E-state index contributed by atoms with van der Waals surface area (Å²) in [4.78, 5) is 21.5. The molecule has 0 aliphatic heterocycles. The van der Waals surface area contributed by atoms with Gasteiger partial charge >= 0.3 is 0 Å². The van der Waals surface area contributed by atoms with Gasteiger partial charge in [0.1, 0.15) is 11.6 Å². The van der Waals surface area contributed by atoms with Gasteiger partial charge in [0, 0.05) is 30.9 Å².